The minimum absolute atomic E-state index is 0.0904. The Bertz CT molecular complexity index is 581. The highest BCUT2D eigenvalue weighted by Crippen LogP contribution is 2.28. The van der Waals surface area contributed by atoms with Crippen molar-refractivity contribution in [1.82, 2.24) is 4.31 Å². The minimum Gasteiger partial charge on any atom is -0.396 e. The third-order valence-corrected chi connectivity index (χ3v) is 5.88. The van der Waals surface area contributed by atoms with Gasteiger partial charge < -0.3 is 5.73 Å². The molecule has 0 bridgehead atoms. The molecule has 1 atom stereocenters. The number of nitrogens with two attached hydrogens (primary N) is 1. The van der Waals surface area contributed by atoms with Crippen LogP contribution in [0.5, 0.6) is 0 Å². The fraction of sp³-hybridized carbons (Fsp3) is 0.500. The van der Waals surface area contributed by atoms with Gasteiger partial charge in [-0.3, -0.25) is 0 Å². The second-order valence-corrected chi connectivity index (χ2v) is 7.85. The van der Waals surface area contributed by atoms with Crippen LogP contribution in [0.1, 0.15) is 13.3 Å². The van der Waals surface area contributed by atoms with E-state index in [4.69, 9.17) is 17.3 Å². The maximum Gasteiger partial charge on any atom is 0.246 e. The molecule has 0 aliphatic heterocycles. The van der Waals surface area contributed by atoms with E-state index in [-0.39, 0.29) is 16.8 Å². The number of nitrogen functional groups attached to an aromatic ring is 1. The highest BCUT2D eigenvalue weighted by molar-refractivity contribution is 7.98. The number of nitrogens with zero attached hydrogens (tertiary/aromatic N) is 1. The maximum atomic E-state index is 14.0. The number of thioether (sulfide) groups is 1. The zero-order valence-electron chi connectivity index (χ0n) is 11.6. The summed E-state index contributed by atoms with van der Waals surface area (Å²) in [7, 11) is -2.53. The molecule has 2 N–H and O–H groups in total. The van der Waals surface area contributed by atoms with Crippen LogP contribution in [0, 0.1) is 5.82 Å². The molecule has 0 aliphatic carbocycles. The molecular formula is C12H18ClFN2O2S2. The Kier molecular flexibility index (Phi) is 6.12. The summed E-state index contributed by atoms with van der Waals surface area (Å²) in [6.07, 6.45) is 2.62. The molecule has 1 unspecified atom stereocenters. The van der Waals surface area contributed by atoms with Crippen molar-refractivity contribution in [3.63, 3.8) is 0 Å². The summed E-state index contributed by atoms with van der Waals surface area (Å²) in [4.78, 5) is -0.485. The van der Waals surface area contributed by atoms with E-state index in [0.29, 0.717) is 6.42 Å². The van der Waals surface area contributed by atoms with Gasteiger partial charge in [-0.05, 0) is 37.5 Å². The smallest absolute Gasteiger partial charge is 0.246 e. The molecule has 0 aromatic heterocycles. The first kappa shape index (κ1) is 17.6. The Morgan fingerprint density at radius 1 is 1.50 bits per heavy atom. The van der Waals surface area contributed by atoms with Crippen LogP contribution in [0.25, 0.3) is 0 Å². The summed E-state index contributed by atoms with van der Waals surface area (Å²) in [6.45, 7) is 1.78. The van der Waals surface area contributed by atoms with E-state index in [1.807, 2.05) is 6.26 Å². The number of rotatable bonds is 6. The largest absolute Gasteiger partial charge is 0.396 e. The summed E-state index contributed by atoms with van der Waals surface area (Å²) in [5, 5.41) is 0.0904. The number of anilines is 1. The lowest BCUT2D eigenvalue weighted by Crippen LogP contribution is -2.36. The Labute approximate surface area is 128 Å². The van der Waals surface area contributed by atoms with Crippen molar-refractivity contribution < 1.29 is 12.8 Å². The summed E-state index contributed by atoms with van der Waals surface area (Å²) in [6, 6.07) is 2.03. The molecule has 0 radical (unpaired) electrons. The Morgan fingerprint density at radius 3 is 2.65 bits per heavy atom. The Balaban J connectivity index is 3.17. The number of hydrogen-bond donors (Lipinski definition) is 1. The van der Waals surface area contributed by atoms with Gasteiger partial charge >= 0.3 is 0 Å². The first-order valence-electron chi connectivity index (χ1n) is 5.93. The van der Waals surface area contributed by atoms with Gasteiger partial charge in [0.05, 0.1) is 5.69 Å². The van der Waals surface area contributed by atoms with E-state index in [2.05, 4.69) is 0 Å². The average molecular weight is 341 g/mol. The Morgan fingerprint density at radius 2 is 2.10 bits per heavy atom. The highest BCUT2D eigenvalue weighted by Gasteiger charge is 2.29. The fourth-order valence-corrected chi connectivity index (χ4v) is 4.01. The lowest BCUT2D eigenvalue weighted by molar-refractivity contribution is 0.380. The predicted molar refractivity (Wildman–Crippen MR) is 83.2 cm³/mol. The second kappa shape index (κ2) is 6.98. The average Bonchev–Trinajstić information content (AvgIpc) is 2.38. The van der Waals surface area contributed by atoms with E-state index < -0.39 is 20.7 Å². The third-order valence-electron chi connectivity index (χ3n) is 3.05. The van der Waals surface area contributed by atoms with Gasteiger partial charge in [-0.1, -0.05) is 11.6 Å². The second-order valence-electron chi connectivity index (χ2n) is 4.46. The SMILES string of the molecule is CSCCC(C)N(C)S(=O)(=O)c1cc(Cl)cc(N)c1F. The van der Waals surface area contributed by atoms with Crippen LogP contribution in [0.2, 0.25) is 5.02 Å². The van der Waals surface area contributed by atoms with Crippen LogP contribution in [-0.2, 0) is 10.0 Å². The third kappa shape index (κ3) is 3.78. The van der Waals surface area contributed by atoms with Crippen molar-refractivity contribution in [3.05, 3.63) is 23.0 Å². The number of sulfonamides is 1. The van der Waals surface area contributed by atoms with Gasteiger partial charge in [-0.25, -0.2) is 12.8 Å². The summed E-state index contributed by atoms with van der Waals surface area (Å²) in [5.41, 5.74) is 5.15. The van der Waals surface area contributed by atoms with Gasteiger partial charge in [0.1, 0.15) is 4.90 Å². The van der Waals surface area contributed by atoms with Crippen molar-refractivity contribution in [3.8, 4) is 0 Å². The van der Waals surface area contributed by atoms with E-state index in [9.17, 15) is 12.8 Å². The number of halogens is 2. The monoisotopic (exact) mass is 340 g/mol. The molecule has 0 aliphatic rings. The molecule has 8 heteroatoms. The number of hydrogen-bond acceptors (Lipinski definition) is 4. The molecule has 20 heavy (non-hydrogen) atoms. The lowest BCUT2D eigenvalue weighted by Gasteiger charge is -2.24. The van der Waals surface area contributed by atoms with Gasteiger partial charge in [0.25, 0.3) is 0 Å². The van der Waals surface area contributed by atoms with Gasteiger partial charge in [-0.2, -0.15) is 16.1 Å². The molecule has 4 nitrogen and oxygen atoms in total. The molecule has 0 spiro atoms. The normalized spacial score (nSPS) is 13.7. The van der Waals surface area contributed by atoms with Gasteiger partial charge in [-0.15, -0.1) is 0 Å². The summed E-state index contributed by atoms with van der Waals surface area (Å²) >= 11 is 7.39. The Hall–Kier alpha value is -0.500. The van der Waals surface area contributed by atoms with Gasteiger partial charge in [0.15, 0.2) is 5.82 Å². The van der Waals surface area contributed by atoms with Crippen LogP contribution in [-0.4, -0.2) is 37.8 Å². The van der Waals surface area contributed by atoms with E-state index >= 15 is 0 Å². The van der Waals surface area contributed by atoms with Crippen LogP contribution in [0.15, 0.2) is 17.0 Å². The van der Waals surface area contributed by atoms with Crippen molar-refractivity contribution in [2.45, 2.75) is 24.3 Å². The van der Waals surface area contributed by atoms with Crippen LogP contribution < -0.4 is 5.73 Å². The molecule has 1 aromatic rings. The zero-order chi connectivity index (χ0) is 15.5. The summed E-state index contributed by atoms with van der Waals surface area (Å²) < 4.78 is 40.0. The minimum atomic E-state index is -3.96. The first-order chi connectivity index (χ1) is 9.21. The van der Waals surface area contributed by atoms with E-state index in [1.165, 1.54) is 13.1 Å². The number of benzene rings is 1. The van der Waals surface area contributed by atoms with Crippen LogP contribution in [0.3, 0.4) is 0 Å². The standard InChI is InChI=1S/C12H18ClFN2O2S2/c1-8(4-5-19-3)16(2)20(17,18)11-7-9(13)6-10(15)12(11)14/h6-8H,4-5,15H2,1-3H3. The van der Waals surface area contributed by atoms with Crippen molar-refractivity contribution in [1.29, 1.82) is 0 Å². The topological polar surface area (TPSA) is 63.4 Å². The maximum absolute atomic E-state index is 14.0. The van der Waals surface area contributed by atoms with Gasteiger partial charge in [0.2, 0.25) is 10.0 Å². The fourth-order valence-electron chi connectivity index (χ4n) is 1.63. The van der Waals surface area contributed by atoms with Crippen LogP contribution >= 0.6 is 23.4 Å². The highest BCUT2D eigenvalue weighted by atomic mass is 35.5. The van der Waals surface area contributed by atoms with Crippen molar-refractivity contribution >= 4 is 39.1 Å². The molecule has 1 aromatic carbocycles. The molecule has 0 amide bonds. The quantitative estimate of drug-likeness (QED) is 0.809. The summed E-state index contributed by atoms with van der Waals surface area (Å²) in [5.74, 6) is -0.139. The van der Waals surface area contributed by atoms with Crippen LogP contribution in [0.4, 0.5) is 10.1 Å². The molecule has 0 heterocycles. The zero-order valence-corrected chi connectivity index (χ0v) is 13.9. The molecule has 0 saturated carbocycles. The van der Waals surface area contributed by atoms with Crippen molar-refractivity contribution in [2.24, 2.45) is 0 Å². The van der Waals surface area contributed by atoms with E-state index in [1.54, 1.807) is 18.7 Å². The van der Waals surface area contributed by atoms with Gasteiger partial charge in [0, 0.05) is 18.1 Å². The predicted octanol–water partition coefficient (Wildman–Crippen LogP) is 2.82. The molecule has 0 fully saturated rings. The lowest BCUT2D eigenvalue weighted by atomic mass is 10.3. The molecule has 114 valence electrons. The molecular weight excluding hydrogens is 323 g/mol. The molecule has 1 rings (SSSR count). The van der Waals surface area contributed by atoms with Crippen molar-refractivity contribution in [2.75, 3.05) is 24.8 Å². The molecule has 0 saturated heterocycles. The van der Waals surface area contributed by atoms with E-state index in [0.717, 1.165) is 16.1 Å². The first-order valence-corrected chi connectivity index (χ1v) is 9.14.